The number of anilines is 2. The van der Waals surface area contributed by atoms with Crippen LogP contribution in [-0.2, 0) is 0 Å². The summed E-state index contributed by atoms with van der Waals surface area (Å²) in [6.45, 7) is 8.10. The molecule has 1 fully saturated rings. The molecule has 1 saturated heterocycles. The van der Waals surface area contributed by atoms with Crippen molar-refractivity contribution in [2.75, 3.05) is 30.4 Å². The summed E-state index contributed by atoms with van der Waals surface area (Å²) in [5, 5.41) is 4.74. The molecule has 3 aromatic rings. The fraction of sp³-hybridized carbons (Fsp3) is 0.440. The molecule has 1 N–H and O–H groups in total. The molecule has 0 bridgehead atoms. The summed E-state index contributed by atoms with van der Waals surface area (Å²) in [5.74, 6) is 0.977. The van der Waals surface area contributed by atoms with E-state index < -0.39 is 0 Å². The molecule has 1 amide bonds. The zero-order valence-electron chi connectivity index (χ0n) is 19.0. The van der Waals surface area contributed by atoms with Gasteiger partial charge in [0.25, 0.3) is 0 Å². The smallest absolute Gasteiger partial charge is 0.328 e. The number of fused-ring (bicyclic) bond motifs is 1. The van der Waals surface area contributed by atoms with Gasteiger partial charge in [-0.15, -0.1) is 0 Å². The Labute approximate surface area is 184 Å². The Morgan fingerprint density at radius 3 is 2.65 bits per heavy atom. The van der Waals surface area contributed by atoms with Crippen LogP contribution in [0.25, 0.3) is 10.9 Å². The lowest BCUT2D eigenvalue weighted by atomic mass is 10.0. The topological polar surface area (TPSA) is 53.4 Å². The van der Waals surface area contributed by atoms with Crippen LogP contribution in [0.15, 0.2) is 54.9 Å². The van der Waals surface area contributed by atoms with E-state index in [-0.39, 0.29) is 11.6 Å². The molecule has 0 atom stereocenters. The molecule has 31 heavy (non-hydrogen) atoms. The zero-order chi connectivity index (χ0) is 22.0. The maximum Gasteiger partial charge on any atom is 0.328 e. The van der Waals surface area contributed by atoms with E-state index in [2.05, 4.69) is 49.1 Å². The predicted octanol–water partition coefficient (Wildman–Crippen LogP) is 5.21. The van der Waals surface area contributed by atoms with Crippen LogP contribution in [0.2, 0.25) is 0 Å². The van der Waals surface area contributed by atoms with Gasteiger partial charge in [0, 0.05) is 49.5 Å². The normalized spacial score (nSPS) is 15.3. The minimum Gasteiger partial charge on any atom is -0.377 e. The first-order chi connectivity index (χ1) is 14.9. The number of hydrogen-bond acceptors (Lipinski definition) is 4. The molecule has 4 rings (SSSR count). The van der Waals surface area contributed by atoms with Gasteiger partial charge in [-0.3, -0.25) is 4.57 Å². The van der Waals surface area contributed by atoms with Crippen molar-refractivity contribution < 1.29 is 4.79 Å². The van der Waals surface area contributed by atoms with Crippen molar-refractivity contribution in [3.05, 3.63) is 54.9 Å². The Hall–Kier alpha value is -3.02. The Kier molecular flexibility index (Phi) is 5.90. The second-order valence-electron chi connectivity index (χ2n) is 9.09. The minimum absolute atomic E-state index is 0.00788. The number of amides is 1. The lowest BCUT2D eigenvalue weighted by Gasteiger charge is -2.38. The van der Waals surface area contributed by atoms with Gasteiger partial charge in [0.1, 0.15) is 0 Å². The molecular formula is C25H33N5O. The number of piperidine rings is 1. The number of para-hydroxylation sites is 1. The van der Waals surface area contributed by atoms with Crippen LogP contribution >= 0.6 is 0 Å². The van der Waals surface area contributed by atoms with Gasteiger partial charge >= 0.3 is 6.03 Å². The van der Waals surface area contributed by atoms with Gasteiger partial charge in [0.15, 0.2) is 5.82 Å². The molecule has 1 aromatic carbocycles. The maximum absolute atomic E-state index is 13.1. The molecule has 6 nitrogen and oxygen atoms in total. The fourth-order valence-corrected chi connectivity index (χ4v) is 4.25. The average molecular weight is 420 g/mol. The monoisotopic (exact) mass is 419 g/mol. The fourth-order valence-electron chi connectivity index (χ4n) is 4.25. The first-order valence-electron chi connectivity index (χ1n) is 11.2. The number of aromatic nitrogens is 2. The van der Waals surface area contributed by atoms with E-state index in [4.69, 9.17) is 0 Å². The lowest BCUT2D eigenvalue weighted by Crippen LogP contribution is -2.47. The number of rotatable bonds is 5. The van der Waals surface area contributed by atoms with Crippen LogP contribution in [0.4, 0.5) is 16.3 Å². The Morgan fingerprint density at radius 1 is 1.16 bits per heavy atom. The first-order valence-corrected chi connectivity index (χ1v) is 11.2. The minimum atomic E-state index is 0.00788. The summed E-state index contributed by atoms with van der Waals surface area (Å²) in [7, 11) is 2.12. The van der Waals surface area contributed by atoms with Crippen molar-refractivity contribution in [2.24, 2.45) is 0 Å². The van der Waals surface area contributed by atoms with Crippen LogP contribution in [-0.4, -0.2) is 52.2 Å². The van der Waals surface area contributed by atoms with Gasteiger partial charge in [-0.1, -0.05) is 25.1 Å². The van der Waals surface area contributed by atoms with Crippen molar-refractivity contribution in [3.63, 3.8) is 0 Å². The van der Waals surface area contributed by atoms with Gasteiger partial charge in [-0.25, -0.2) is 9.78 Å². The largest absolute Gasteiger partial charge is 0.377 e. The molecule has 2 aromatic heterocycles. The molecule has 0 saturated carbocycles. The van der Waals surface area contributed by atoms with Crippen molar-refractivity contribution in [2.45, 2.75) is 51.6 Å². The average Bonchev–Trinajstić information content (AvgIpc) is 3.22. The van der Waals surface area contributed by atoms with E-state index >= 15 is 0 Å². The highest BCUT2D eigenvalue weighted by molar-refractivity contribution is 5.91. The molecule has 0 aliphatic carbocycles. The Bertz CT molecular complexity index is 1050. The van der Waals surface area contributed by atoms with E-state index in [1.165, 1.54) is 0 Å². The van der Waals surface area contributed by atoms with Crippen LogP contribution < -0.4 is 10.2 Å². The third kappa shape index (κ3) is 4.38. The molecule has 164 valence electrons. The second kappa shape index (κ2) is 8.61. The number of nitrogens with one attached hydrogen (secondary N) is 1. The number of pyridine rings is 1. The summed E-state index contributed by atoms with van der Waals surface area (Å²) >= 11 is 0. The molecular weight excluding hydrogens is 386 g/mol. The first kappa shape index (κ1) is 21.2. The van der Waals surface area contributed by atoms with Crippen molar-refractivity contribution in [3.8, 4) is 0 Å². The Balaban J connectivity index is 1.44. The number of carbonyl (C=O) groups excluding carboxylic acids is 1. The SMILES string of the molecule is CCC(C)(C)Nc1cccnc1N(C)C1CCN(C(=O)n2ccc3ccccc32)CC1. The number of nitrogens with zero attached hydrogens (tertiary/aromatic N) is 4. The van der Waals surface area contributed by atoms with Crippen molar-refractivity contribution in [1.29, 1.82) is 0 Å². The van der Waals surface area contributed by atoms with Crippen LogP contribution in [0.5, 0.6) is 0 Å². The standard InChI is InChI=1S/C25H33N5O/c1-5-25(2,3)27-21-10-8-15-26-23(21)28(4)20-13-16-29(17-14-20)24(31)30-18-12-19-9-6-7-11-22(19)30/h6-12,15,18,20,27H,5,13-14,16-17H2,1-4H3. The third-order valence-electron chi connectivity index (χ3n) is 6.57. The molecule has 0 unspecified atom stereocenters. The summed E-state index contributed by atoms with van der Waals surface area (Å²) in [6.07, 6.45) is 6.61. The maximum atomic E-state index is 13.1. The summed E-state index contributed by atoms with van der Waals surface area (Å²) in [5.41, 5.74) is 2.04. The van der Waals surface area contributed by atoms with Gasteiger partial charge in [0.05, 0.1) is 11.2 Å². The predicted molar refractivity (Wildman–Crippen MR) is 128 cm³/mol. The van der Waals surface area contributed by atoms with Gasteiger partial charge in [0.2, 0.25) is 0 Å². The molecule has 1 aliphatic heterocycles. The molecule has 1 aliphatic rings. The molecule has 0 radical (unpaired) electrons. The highest BCUT2D eigenvalue weighted by Crippen LogP contribution is 2.30. The van der Waals surface area contributed by atoms with Crippen LogP contribution in [0.1, 0.15) is 40.0 Å². The third-order valence-corrected chi connectivity index (χ3v) is 6.57. The van der Waals surface area contributed by atoms with Gasteiger partial charge < -0.3 is 15.1 Å². The van der Waals surface area contributed by atoms with Crippen LogP contribution in [0, 0.1) is 0 Å². The highest BCUT2D eigenvalue weighted by Gasteiger charge is 2.28. The summed E-state index contributed by atoms with van der Waals surface area (Å²) in [4.78, 5) is 22.0. The number of carbonyl (C=O) groups is 1. The number of hydrogen-bond donors (Lipinski definition) is 1. The van der Waals surface area contributed by atoms with E-state index in [1.54, 1.807) is 4.57 Å². The van der Waals surface area contributed by atoms with Gasteiger partial charge in [-0.2, -0.15) is 0 Å². The number of likely N-dealkylation sites (tertiary alicyclic amines) is 1. The van der Waals surface area contributed by atoms with E-state index in [0.29, 0.717) is 6.04 Å². The molecule has 6 heteroatoms. The van der Waals surface area contributed by atoms with E-state index in [0.717, 1.165) is 54.8 Å². The number of benzene rings is 1. The van der Waals surface area contributed by atoms with Gasteiger partial charge in [-0.05, 0) is 57.4 Å². The van der Waals surface area contributed by atoms with Crippen molar-refractivity contribution >= 4 is 28.4 Å². The van der Waals surface area contributed by atoms with E-state index in [9.17, 15) is 4.79 Å². The van der Waals surface area contributed by atoms with E-state index in [1.807, 2.05) is 53.7 Å². The summed E-state index contributed by atoms with van der Waals surface area (Å²) in [6, 6.07) is 14.5. The zero-order valence-corrected chi connectivity index (χ0v) is 19.0. The van der Waals surface area contributed by atoms with Crippen LogP contribution in [0.3, 0.4) is 0 Å². The quantitative estimate of drug-likeness (QED) is 0.617. The van der Waals surface area contributed by atoms with Crippen molar-refractivity contribution in [1.82, 2.24) is 14.5 Å². The molecule has 3 heterocycles. The summed E-state index contributed by atoms with van der Waals surface area (Å²) < 4.78 is 1.77. The Morgan fingerprint density at radius 2 is 1.90 bits per heavy atom. The lowest BCUT2D eigenvalue weighted by molar-refractivity contribution is 0.183. The second-order valence-corrected chi connectivity index (χ2v) is 9.09. The highest BCUT2D eigenvalue weighted by atomic mass is 16.2. The molecule has 0 spiro atoms.